The van der Waals surface area contributed by atoms with Crippen LogP contribution >= 0.6 is 0 Å². The lowest BCUT2D eigenvalue weighted by Crippen LogP contribution is -2.36. The van der Waals surface area contributed by atoms with Crippen molar-refractivity contribution in [2.45, 2.75) is 0 Å². The first-order chi connectivity index (χ1) is 19.5. The summed E-state index contributed by atoms with van der Waals surface area (Å²) >= 11 is 0. The van der Waals surface area contributed by atoms with Crippen molar-refractivity contribution in [3.63, 3.8) is 0 Å². The molecule has 0 spiro atoms. The van der Waals surface area contributed by atoms with Crippen molar-refractivity contribution in [2.75, 3.05) is 48.6 Å². The molecule has 0 unspecified atom stereocenters. The zero-order valence-electron chi connectivity index (χ0n) is 22.0. The molecule has 10 nitrogen and oxygen atoms in total. The maximum atomic E-state index is 14.5. The Bertz CT molecular complexity index is 1510. The molecular formula is C29H29FN8O2. The molecule has 2 aromatic carbocycles. The molecule has 40 heavy (non-hydrogen) atoms. The number of nitrogens with zero attached hydrogens (tertiary/aromatic N) is 6. The molecule has 0 aliphatic carbocycles. The Kier molecular flexibility index (Phi) is 8.12. The van der Waals surface area contributed by atoms with E-state index in [1.807, 2.05) is 30.3 Å². The highest BCUT2D eigenvalue weighted by Gasteiger charge is 2.14. The van der Waals surface area contributed by atoms with Crippen LogP contribution in [0.3, 0.4) is 0 Å². The van der Waals surface area contributed by atoms with Gasteiger partial charge in [-0.1, -0.05) is 12.6 Å². The van der Waals surface area contributed by atoms with Gasteiger partial charge in [0.25, 0.3) is 0 Å². The molecule has 204 valence electrons. The second kappa shape index (κ2) is 12.2. The van der Waals surface area contributed by atoms with E-state index in [0.717, 1.165) is 17.1 Å². The van der Waals surface area contributed by atoms with Gasteiger partial charge in [0.05, 0.1) is 31.7 Å². The first kappa shape index (κ1) is 26.6. The topological polar surface area (TPSA) is 114 Å². The first-order valence-corrected chi connectivity index (χ1v) is 12.6. The van der Waals surface area contributed by atoms with Crippen molar-refractivity contribution >= 4 is 28.8 Å². The molecule has 1 aliphatic heterocycles. The number of anilines is 4. The molecule has 1 saturated heterocycles. The van der Waals surface area contributed by atoms with E-state index in [9.17, 15) is 4.39 Å². The molecule has 0 amide bonds. The van der Waals surface area contributed by atoms with Crippen molar-refractivity contribution in [1.29, 1.82) is 0 Å². The highest BCUT2D eigenvalue weighted by atomic mass is 19.1. The largest absolute Gasteiger partial charge is 0.481 e. The Balaban J connectivity index is 1.31. The number of morpholine rings is 1. The summed E-state index contributed by atoms with van der Waals surface area (Å²) in [6.45, 7) is 6.51. The fraction of sp³-hybridized carbons (Fsp3) is 0.172. The van der Waals surface area contributed by atoms with Crippen molar-refractivity contribution in [3.05, 3.63) is 97.2 Å². The van der Waals surface area contributed by atoms with E-state index in [-0.39, 0.29) is 11.7 Å². The van der Waals surface area contributed by atoms with Crippen LogP contribution in [0.2, 0.25) is 0 Å². The number of pyridine rings is 1. The van der Waals surface area contributed by atoms with Gasteiger partial charge in [-0.3, -0.25) is 0 Å². The molecule has 1 fully saturated rings. The quantitative estimate of drug-likeness (QED) is 0.179. The van der Waals surface area contributed by atoms with Gasteiger partial charge >= 0.3 is 0 Å². The molecule has 11 heteroatoms. The smallest absolute Gasteiger partial charge is 0.227 e. The van der Waals surface area contributed by atoms with Crippen LogP contribution in [-0.4, -0.2) is 54.2 Å². The van der Waals surface area contributed by atoms with Gasteiger partial charge < -0.3 is 25.4 Å². The van der Waals surface area contributed by atoms with Crippen LogP contribution in [0.1, 0.15) is 5.69 Å². The van der Waals surface area contributed by atoms with E-state index in [1.54, 1.807) is 41.7 Å². The highest BCUT2D eigenvalue weighted by molar-refractivity contribution is 5.96. The van der Waals surface area contributed by atoms with Gasteiger partial charge in [0, 0.05) is 48.5 Å². The van der Waals surface area contributed by atoms with Gasteiger partial charge in [0.2, 0.25) is 11.8 Å². The molecule has 1 aliphatic rings. The number of ether oxygens (including phenoxy) is 2. The lowest BCUT2D eigenvalue weighted by atomic mass is 10.1. The second-order valence-corrected chi connectivity index (χ2v) is 8.81. The molecule has 0 radical (unpaired) electrons. The lowest BCUT2D eigenvalue weighted by Gasteiger charge is -2.29. The summed E-state index contributed by atoms with van der Waals surface area (Å²) in [6, 6.07) is 19.4. The average Bonchev–Trinajstić information content (AvgIpc) is 3.00. The van der Waals surface area contributed by atoms with Gasteiger partial charge in [0.1, 0.15) is 11.5 Å². The van der Waals surface area contributed by atoms with E-state index in [0.29, 0.717) is 55.1 Å². The van der Waals surface area contributed by atoms with Crippen molar-refractivity contribution in [3.8, 4) is 17.1 Å². The summed E-state index contributed by atoms with van der Waals surface area (Å²) < 4.78 is 25.1. The maximum Gasteiger partial charge on any atom is 0.227 e. The third-order valence-corrected chi connectivity index (χ3v) is 6.18. The monoisotopic (exact) mass is 540 g/mol. The summed E-state index contributed by atoms with van der Waals surface area (Å²) in [7, 11) is 1.54. The second-order valence-electron chi connectivity index (χ2n) is 8.81. The lowest BCUT2D eigenvalue weighted by molar-refractivity contribution is 0.122. The van der Waals surface area contributed by atoms with Gasteiger partial charge in [-0.05, 0) is 54.6 Å². The zero-order chi connectivity index (χ0) is 27.9. The summed E-state index contributed by atoms with van der Waals surface area (Å²) in [6.07, 6.45) is 3.19. The molecule has 0 atom stereocenters. The van der Waals surface area contributed by atoms with Crippen LogP contribution < -0.4 is 25.7 Å². The van der Waals surface area contributed by atoms with Gasteiger partial charge in [-0.2, -0.15) is 0 Å². The van der Waals surface area contributed by atoms with Gasteiger partial charge in [0.15, 0.2) is 5.84 Å². The third kappa shape index (κ3) is 6.33. The zero-order valence-corrected chi connectivity index (χ0v) is 22.0. The van der Waals surface area contributed by atoms with Gasteiger partial charge in [-0.25, -0.2) is 24.4 Å². The van der Waals surface area contributed by atoms with Crippen LogP contribution in [0, 0.1) is 5.82 Å². The predicted octanol–water partition coefficient (Wildman–Crippen LogP) is 4.54. The number of hydrazone groups is 1. The Morgan fingerprint density at radius 1 is 1.12 bits per heavy atom. The fourth-order valence-corrected chi connectivity index (χ4v) is 4.17. The number of nitrogens with two attached hydrogens (primary N) is 1. The number of nitrogens with one attached hydrogen (secondary N) is 1. The molecular weight excluding hydrogens is 511 g/mol. The number of hydrogen-bond donors (Lipinski definition) is 2. The van der Waals surface area contributed by atoms with Gasteiger partial charge in [-0.15, -0.1) is 5.10 Å². The summed E-state index contributed by atoms with van der Waals surface area (Å²) in [4.78, 5) is 15.4. The standard InChI is InChI=1S/C29H29FN8O2/c1-3-38(36-28(31)26-5-4-6-27(34-26)39-2)23-9-7-22(8-10-23)33-29-32-12-11-25(35-29)20-17-21(30)19-24(18-20)37-13-15-40-16-14-37/h3-12,17-19H,1,13-16H2,2H3,(H2,31,36)(H,32,33,35). The Morgan fingerprint density at radius 2 is 1.93 bits per heavy atom. The SMILES string of the molecule is C=CN(/N=C(\N)c1cccc(OC)n1)c1ccc(Nc2nccc(-c3cc(F)cc(N4CCOCC4)c3)n2)cc1. The molecule has 0 bridgehead atoms. The number of hydrogen-bond acceptors (Lipinski definition) is 9. The number of rotatable bonds is 9. The number of aromatic nitrogens is 3. The normalized spacial score (nSPS) is 13.6. The Labute approximate surface area is 231 Å². The number of halogens is 1. The van der Waals surface area contributed by atoms with Crippen molar-refractivity contribution in [1.82, 2.24) is 15.0 Å². The highest BCUT2D eigenvalue weighted by Crippen LogP contribution is 2.27. The van der Waals surface area contributed by atoms with E-state index in [1.165, 1.54) is 19.2 Å². The van der Waals surface area contributed by atoms with Crippen LogP contribution in [0.4, 0.5) is 27.4 Å². The third-order valence-electron chi connectivity index (χ3n) is 6.18. The van der Waals surface area contributed by atoms with Crippen LogP contribution in [-0.2, 0) is 4.74 Å². The van der Waals surface area contributed by atoms with Crippen molar-refractivity contribution < 1.29 is 13.9 Å². The van der Waals surface area contributed by atoms with Crippen LogP contribution in [0.15, 0.2) is 90.8 Å². The van der Waals surface area contributed by atoms with Crippen molar-refractivity contribution in [2.24, 2.45) is 10.8 Å². The van der Waals surface area contributed by atoms with E-state index in [4.69, 9.17) is 15.2 Å². The minimum absolute atomic E-state index is 0.209. The predicted molar refractivity (Wildman–Crippen MR) is 154 cm³/mol. The molecule has 5 rings (SSSR count). The maximum absolute atomic E-state index is 14.5. The van der Waals surface area contributed by atoms with Crippen LogP contribution in [0.25, 0.3) is 11.3 Å². The molecule has 4 aromatic rings. The number of methoxy groups -OCH3 is 1. The minimum atomic E-state index is -0.319. The number of amidine groups is 1. The summed E-state index contributed by atoms with van der Waals surface area (Å²) in [5.41, 5.74) is 10.2. The average molecular weight is 541 g/mol. The van der Waals surface area contributed by atoms with E-state index < -0.39 is 0 Å². The first-order valence-electron chi connectivity index (χ1n) is 12.6. The van der Waals surface area contributed by atoms with E-state index in [2.05, 4.69) is 36.8 Å². The summed E-state index contributed by atoms with van der Waals surface area (Å²) in [5, 5.41) is 9.17. The number of benzene rings is 2. The summed E-state index contributed by atoms with van der Waals surface area (Å²) in [5.74, 6) is 0.715. The Hall–Kier alpha value is -5.03. The molecule has 0 saturated carbocycles. The minimum Gasteiger partial charge on any atom is -0.481 e. The molecule has 3 heterocycles. The fourth-order valence-electron chi connectivity index (χ4n) is 4.17. The van der Waals surface area contributed by atoms with Crippen LogP contribution in [0.5, 0.6) is 5.88 Å². The molecule has 3 N–H and O–H groups in total. The Morgan fingerprint density at radius 3 is 2.67 bits per heavy atom. The molecule has 2 aromatic heterocycles. The van der Waals surface area contributed by atoms with E-state index >= 15 is 0 Å².